The molecule has 0 fully saturated rings. The van der Waals surface area contributed by atoms with E-state index in [2.05, 4.69) is 96.2 Å². The summed E-state index contributed by atoms with van der Waals surface area (Å²) in [5, 5.41) is 17.2. The second kappa shape index (κ2) is 9.37. The van der Waals surface area contributed by atoms with Crippen LogP contribution >= 0.6 is 0 Å². The molecule has 0 amide bonds. The fourth-order valence-corrected chi connectivity index (χ4v) is 7.95. The zero-order valence-corrected chi connectivity index (χ0v) is 22.8. The van der Waals surface area contributed by atoms with Crippen LogP contribution < -0.4 is 0 Å². The smallest absolute Gasteiger partial charge is 0.679 e. The maximum absolute atomic E-state index is 8.37. The van der Waals surface area contributed by atoms with E-state index in [0.717, 1.165) is 12.1 Å². The minimum atomic E-state index is -1.79. The number of hydrogen-bond acceptors (Lipinski definition) is 0. The first-order valence-corrected chi connectivity index (χ1v) is 14.8. The number of nitrogens with one attached hydrogen (secondary N) is 2. The number of rotatable bonds is 2. The van der Waals surface area contributed by atoms with Crippen molar-refractivity contribution < 1.29 is 16.8 Å². The van der Waals surface area contributed by atoms with Crippen LogP contribution in [-0.4, -0.2) is 16.5 Å². The number of hydrogen-bond donors (Lipinski definition) is 0. The molecule has 0 saturated heterocycles. The SMILES string of the molecule is CC(C)(C)C[Si](C)([NH-])C(C)(C)C.CC(C)(C)C[Si](C)([NH-])C(C)(C)C.[Co+2]. The van der Waals surface area contributed by atoms with Crippen molar-refractivity contribution in [1.82, 2.24) is 0 Å². The van der Waals surface area contributed by atoms with Gasteiger partial charge in [0, 0.05) is 0 Å². The van der Waals surface area contributed by atoms with Crippen molar-refractivity contribution >= 4 is 16.5 Å². The molecule has 0 aromatic carbocycles. The van der Waals surface area contributed by atoms with Crippen molar-refractivity contribution in [1.29, 1.82) is 0 Å². The van der Waals surface area contributed by atoms with E-state index in [1.165, 1.54) is 0 Å². The molecule has 2 nitrogen and oxygen atoms in total. The van der Waals surface area contributed by atoms with Crippen LogP contribution in [0.2, 0.25) is 35.3 Å². The van der Waals surface area contributed by atoms with E-state index in [4.69, 9.17) is 10.8 Å². The minimum Gasteiger partial charge on any atom is -0.679 e. The van der Waals surface area contributed by atoms with E-state index < -0.39 is 16.5 Å². The van der Waals surface area contributed by atoms with Crippen LogP contribution in [0, 0.1) is 10.8 Å². The molecule has 0 aliphatic heterocycles. The molecule has 1 radical (unpaired) electrons. The van der Waals surface area contributed by atoms with Gasteiger partial charge in [-0.15, -0.1) is 0 Å². The van der Waals surface area contributed by atoms with Crippen LogP contribution in [0.15, 0.2) is 0 Å². The Kier molecular flexibility index (Phi) is 11.5. The fourth-order valence-electron chi connectivity index (χ4n) is 2.65. The summed E-state index contributed by atoms with van der Waals surface area (Å²) in [6.45, 7) is 31.0. The molecule has 2 atom stereocenters. The molecule has 0 bridgehead atoms. The molecule has 0 saturated carbocycles. The molecule has 2 N–H and O–H groups in total. The van der Waals surface area contributed by atoms with Gasteiger partial charge in [-0.1, -0.05) is 135 Å². The molecule has 0 heterocycles. The Hall–Kier alpha value is 0.860. The molecule has 0 aromatic rings. The van der Waals surface area contributed by atoms with E-state index >= 15 is 0 Å². The van der Waals surface area contributed by atoms with E-state index in [9.17, 15) is 0 Å². The molecule has 155 valence electrons. The third-order valence-corrected chi connectivity index (χ3v) is 15.2. The van der Waals surface area contributed by atoms with Crippen molar-refractivity contribution in [3.05, 3.63) is 10.8 Å². The first-order chi connectivity index (χ1) is 9.91. The Bertz CT molecular complexity index is 340. The van der Waals surface area contributed by atoms with Gasteiger partial charge in [0.15, 0.2) is 0 Å². The van der Waals surface area contributed by atoms with Crippen molar-refractivity contribution in [3.8, 4) is 0 Å². The van der Waals surface area contributed by atoms with E-state index in [1.807, 2.05) is 0 Å². The van der Waals surface area contributed by atoms with Crippen molar-refractivity contribution in [2.45, 2.75) is 118 Å². The van der Waals surface area contributed by atoms with Gasteiger partial charge in [-0.3, -0.25) is 0 Å². The monoisotopic (exact) mass is 431 g/mol. The quantitative estimate of drug-likeness (QED) is 0.392. The Labute approximate surface area is 173 Å². The average molecular weight is 432 g/mol. The summed E-state index contributed by atoms with van der Waals surface area (Å²) in [5.41, 5.74) is 0.631. The summed E-state index contributed by atoms with van der Waals surface area (Å²) in [6.07, 6.45) is 0. The molecule has 2 unspecified atom stereocenters. The molecule has 0 rings (SSSR count). The Balaban J connectivity index is -0.000000372. The summed E-state index contributed by atoms with van der Waals surface area (Å²) in [5.74, 6) is 0. The fraction of sp³-hybridized carbons (Fsp3) is 1.00. The molecule has 0 spiro atoms. The summed E-state index contributed by atoms with van der Waals surface area (Å²) in [4.78, 5) is 0. The topological polar surface area (TPSA) is 47.6 Å². The first-order valence-electron chi connectivity index (χ1n) is 9.41. The first kappa shape index (κ1) is 30.6. The normalized spacial score (nSPS) is 18.2. The predicted octanol–water partition coefficient (Wildman–Crippen LogP) is 8.92. The predicted molar refractivity (Wildman–Crippen MR) is 120 cm³/mol. The van der Waals surface area contributed by atoms with Crippen LogP contribution in [0.4, 0.5) is 0 Å². The average Bonchev–Trinajstić information content (AvgIpc) is 2.05. The van der Waals surface area contributed by atoms with Gasteiger partial charge in [-0.2, -0.15) is 0 Å². The molecular weight excluding hydrogens is 383 g/mol. The van der Waals surface area contributed by atoms with Crippen molar-refractivity contribution in [3.63, 3.8) is 0 Å². The molecule has 25 heavy (non-hydrogen) atoms. The van der Waals surface area contributed by atoms with Crippen LogP contribution in [-0.2, 0) is 16.8 Å². The van der Waals surface area contributed by atoms with Gasteiger partial charge in [0.2, 0.25) is 0 Å². The summed E-state index contributed by atoms with van der Waals surface area (Å²) < 4.78 is 0. The third-order valence-electron chi connectivity index (χ3n) is 5.08. The van der Waals surface area contributed by atoms with Crippen molar-refractivity contribution in [2.24, 2.45) is 10.8 Å². The molecule has 5 heteroatoms. The minimum absolute atomic E-state index is 0. The summed E-state index contributed by atoms with van der Waals surface area (Å²) in [7, 11) is -3.58. The molecule has 0 aliphatic carbocycles. The van der Waals surface area contributed by atoms with Gasteiger partial charge in [-0.05, 0) is 10.8 Å². The maximum Gasteiger partial charge on any atom is 2.00 e. The van der Waals surface area contributed by atoms with Crippen LogP contribution in [0.25, 0.3) is 10.8 Å². The molecule has 0 aromatic heterocycles. The van der Waals surface area contributed by atoms with Crippen molar-refractivity contribution in [2.75, 3.05) is 0 Å². The van der Waals surface area contributed by atoms with Crippen LogP contribution in [0.5, 0.6) is 0 Å². The zero-order valence-electron chi connectivity index (χ0n) is 19.7. The van der Waals surface area contributed by atoms with Gasteiger partial charge in [-0.25, -0.2) is 0 Å². The maximum atomic E-state index is 8.37. The van der Waals surface area contributed by atoms with Gasteiger partial charge in [0.25, 0.3) is 0 Å². The van der Waals surface area contributed by atoms with E-state index in [-0.39, 0.29) is 26.9 Å². The Morgan fingerprint density at radius 3 is 0.720 bits per heavy atom. The van der Waals surface area contributed by atoms with Crippen LogP contribution in [0.3, 0.4) is 0 Å². The Morgan fingerprint density at radius 2 is 0.680 bits per heavy atom. The van der Waals surface area contributed by atoms with Gasteiger partial charge < -0.3 is 10.8 Å². The van der Waals surface area contributed by atoms with E-state index in [1.54, 1.807) is 0 Å². The summed E-state index contributed by atoms with van der Waals surface area (Å²) in [6, 6.07) is 2.17. The second-order valence-electron chi connectivity index (χ2n) is 12.6. The molecule has 0 aliphatic rings. The largest absolute Gasteiger partial charge is 2.00 e. The second-order valence-corrected chi connectivity index (χ2v) is 21.7. The Morgan fingerprint density at radius 1 is 0.520 bits per heavy atom. The molecular formula is C20H48CoN2Si2. The van der Waals surface area contributed by atoms with Crippen LogP contribution in [0.1, 0.15) is 83.1 Å². The van der Waals surface area contributed by atoms with Gasteiger partial charge in [0.05, 0.1) is 0 Å². The standard InChI is InChI=1S/2C10H24NSi.Co/c2*1-9(2,3)8-12(7,11)10(4,5)6;/h2*11H,8H2,1-7H3;/q2*-1;+2. The van der Waals surface area contributed by atoms with E-state index in [0.29, 0.717) is 10.8 Å². The third kappa shape index (κ3) is 13.6. The summed E-state index contributed by atoms with van der Waals surface area (Å²) >= 11 is 0. The van der Waals surface area contributed by atoms with Gasteiger partial charge >= 0.3 is 16.8 Å². The zero-order chi connectivity index (χ0) is 20.4. The van der Waals surface area contributed by atoms with Gasteiger partial charge in [0.1, 0.15) is 0 Å².